The summed E-state index contributed by atoms with van der Waals surface area (Å²) in [6, 6.07) is 0. The van der Waals surface area contributed by atoms with Gasteiger partial charge >= 0.3 is 5.97 Å². The molecule has 0 saturated heterocycles. The van der Waals surface area contributed by atoms with Crippen molar-refractivity contribution in [1.29, 1.82) is 0 Å². The second-order valence-corrected chi connectivity index (χ2v) is 3.40. The molecule has 0 aromatic rings. The molecule has 0 aliphatic carbocycles. The van der Waals surface area contributed by atoms with Crippen LogP contribution in [0.1, 0.15) is 27.2 Å². The number of hydrogen-bond acceptors (Lipinski definition) is 4. The molecule has 0 rings (SSSR count). The summed E-state index contributed by atoms with van der Waals surface area (Å²) >= 11 is 0. The molecule has 1 unspecified atom stereocenters. The summed E-state index contributed by atoms with van der Waals surface area (Å²) in [5.41, 5.74) is 0. The molecule has 0 heterocycles. The molecule has 0 aliphatic heterocycles. The Morgan fingerprint density at radius 1 is 1.36 bits per heavy atom. The summed E-state index contributed by atoms with van der Waals surface area (Å²) in [5, 5.41) is 0. The van der Waals surface area contributed by atoms with Crippen molar-refractivity contribution < 1.29 is 19.0 Å². The lowest BCUT2D eigenvalue weighted by atomic mass is 10.0. The summed E-state index contributed by atoms with van der Waals surface area (Å²) < 4.78 is 15.2. The van der Waals surface area contributed by atoms with Gasteiger partial charge in [-0.15, -0.1) is 0 Å². The van der Waals surface area contributed by atoms with E-state index >= 15 is 0 Å². The van der Waals surface area contributed by atoms with Crippen LogP contribution in [0.25, 0.3) is 0 Å². The number of rotatable bonds is 6. The van der Waals surface area contributed by atoms with Crippen molar-refractivity contribution >= 4 is 5.97 Å². The minimum Gasteiger partial charge on any atom is -0.466 e. The number of esters is 1. The Morgan fingerprint density at radius 3 is 2.21 bits per heavy atom. The van der Waals surface area contributed by atoms with E-state index in [9.17, 15) is 4.79 Å². The van der Waals surface area contributed by atoms with Gasteiger partial charge in [-0.3, -0.25) is 4.79 Å². The van der Waals surface area contributed by atoms with E-state index in [1.807, 2.05) is 0 Å². The summed E-state index contributed by atoms with van der Waals surface area (Å²) in [7, 11) is 3.11. The van der Waals surface area contributed by atoms with Crippen molar-refractivity contribution in [3.63, 3.8) is 0 Å². The molecule has 0 amide bonds. The van der Waals surface area contributed by atoms with Crippen molar-refractivity contribution in [3.05, 3.63) is 0 Å². The molecule has 84 valence electrons. The maximum Gasteiger partial charge on any atom is 0.308 e. The zero-order chi connectivity index (χ0) is 11.2. The maximum atomic E-state index is 11.3. The second-order valence-electron chi connectivity index (χ2n) is 3.40. The van der Waals surface area contributed by atoms with Crippen molar-refractivity contribution in [3.8, 4) is 0 Å². The van der Waals surface area contributed by atoms with Gasteiger partial charge in [0.25, 0.3) is 0 Å². The molecular formula is C10H20O4. The first-order chi connectivity index (χ1) is 6.49. The highest BCUT2D eigenvalue weighted by atomic mass is 16.7. The molecule has 1 atom stereocenters. The Hall–Kier alpha value is -0.610. The average molecular weight is 204 g/mol. The quantitative estimate of drug-likeness (QED) is 0.487. The lowest BCUT2D eigenvalue weighted by Crippen LogP contribution is -2.34. The predicted octanol–water partition coefficient (Wildman–Crippen LogP) is 1.58. The van der Waals surface area contributed by atoms with Crippen LogP contribution in [0, 0.1) is 5.92 Å². The van der Waals surface area contributed by atoms with E-state index in [-0.39, 0.29) is 11.9 Å². The Labute approximate surface area is 85.5 Å². The van der Waals surface area contributed by atoms with E-state index in [0.717, 1.165) is 0 Å². The summed E-state index contributed by atoms with van der Waals surface area (Å²) in [6.45, 7) is 5.79. The molecule has 0 saturated carbocycles. The Kier molecular flexibility index (Phi) is 5.72. The fourth-order valence-electron chi connectivity index (χ4n) is 1.17. The molecular weight excluding hydrogens is 184 g/mol. The highest BCUT2D eigenvalue weighted by Gasteiger charge is 2.29. The molecule has 0 fully saturated rings. The van der Waals surface area contributed by atoms with Crippen molar-refractivity contribution in [1.82, 2.24) is 0 Å². The van der Waals surface area contributed by atoms with E-state index in [1.54, 1.807) is 35.0 Å². The van der Waals surface area contributed by atoms with Crippen LogP contribution in [0.3, 0.4) is 0 Å². The average Bonchev–Trinajstić information content (AvgIpc) is 2.18. The zero-order valence-corrected chi connectivity index (χ0v) is 9.62. The molecule has 0 aliphatic rings. The highest BCUT2D eigenvalue weighted by molar-refractivity contribution is 5.72. The van der Waals surface area contributed by atoms with Gasteiger partial charge < -0.3 is 14.2 Å². The van der Waals surface area contributed by atoms with Crippen LogP contribution in [-0.4, -0.2) is 32.6 Å². The third-order valence-corrected chi connectivity index (χ3v) is 2.23. The van der Waals surface area contributed by atoms with Gasteiger partial charge in [-0.1, -0.05) is 6.92 Å². The van der Waals surface area contributed by atoms with Gasteiger partial charge in [-0.2, -0.15) is 0 Å². The van der Waals surface area contributed by atoms with Crippen LogP contribution >= 0.6 is 0 Å². The van der Waals surface area contributed by atoms with E-state index < -0.39 is 5.79 Å². The standard InChI is InChI=1S/C10H20O4/c1-6-14-9(11)8(2)7-10(3,12-4)13-5/h8H,6-7H2,1-5H3. The molecule has 0 aromatic heterocycles. The monoisotopic (exact) mass is 204 g/mol. The van der Waals surface area contributed by atoms with Crippen molar-refractivity contribution in [2.45, 2.75) is 33.0 Å². The van der Waals surface area contributed by atoms with Gasteiger partial charge in [0.1, 0.15) is 0 Å². The summed E-state index contributed by atoms with van der Waals surface area (Å²) in [4.78, 5) is 11.3. The predicted molar refractivity (Wildman–Crippen MR) is 52.8 cm³/mol. The zero-order valence-electron chi connectivity index (χ0n) is 9.62. The Balaban J connectivity index is 4.15. The van der Waals surface area contributed by atoms with E-state index in [1.165, 1.54) is 0 Å². The molecule has 0 bridgehead atoms. The van der Waals surface area contributed by atoms with Crippen LogP contribution in [0.2, 0.25) is 0 Å². The Morgan fingerprint density at radius 2 is 1.86 bits per heavy atom. The number of carbonyl (C=O) groups is 1. The molecule has 4 heteroatoms. The molecule has 0 aromatic carbocycles. The minimum atomic E-state index is -0.716. The van der Waals surface area contributed by atoms with Crippen molar-refractivity contribution in [2.24, 2.45) is 5.92 Å². The van der Waals surface area contributed by atoms with Gasteiger partial charge in [0.15, 0.2) is 5.79 Å². The number of ether oxygens (including phenoxy) is 3. The van der Waals surface area contributed by atoms with Crippen LogP contribution in [0.15, 0.2) is 0 Å². The van der Waals surface area contributed by atoms with Gasteiger partial charge in [-0.25, -0.2) is 0 Å². The number of hydrogen-bond donors (Lipinski definition) is 0. The van der Waals surface area contributed by atoms with Gasteiger partial charge in [0.2, 0.25) is 0 Å². The maximum absolute atomic E-state index is 11.3. The number of carbonyl (C=O) groups excluding carboxylic acids is 1. The minimum absolute atomic E-state index is 0.215. The molecule has 0 N–H and O–H groups in total. The molecule has 0 spiro atoms. The van der Waals surface area contributed by atoms with E-state index in [0.29, 0.717) is 13.0 Å². The van der Waals surface area contributed by atoms with Gasteiger partial charge in [-0.05, 0) is 13.8 Å². The normalized spacial score (nSPS) is 13.8. The van der Waals surface area contributed by atoms with Gasteiger partial charge in [0, 0.05) is 20.6 Å². The first kappa shape index (κ1) is 13.4. The summed E-state index contributed by atoms with van der Waals surface area (Å²) in [5.74, 6) is -1.15. The SMILES string of the molecule is CCOC(=O)C(C)CC(C)(OC)OC. The molecule has 0 radical (unpaired) electrons. The first-order valence-corrected chi connectivity index (χ1v) is 4.76. The third-order valence-electron chi connectivity index (χ3n) is 2.23. The van der Waals surface area contributed by atoms with Crippen LogP contribution in [0.5, 0.6) is 0 Å². The molecule has 14 heavy (non-hydrogen) atoms. The first-order valence-electron chi connectivity index (χ1n) is 4.76. The van der Waals surface area contributed by atoms with E-state index in [4.69, 9.17) is 14.2 Å². The largest absolute Gasteiger partial charge is 0.466 e. The highest BCUT2D eigenvalue weighted by Crippen LogP contribution is 2.21. The van der Waals surface area contributed by atoms with Crippen LogP contribution < -0.4 is 0 Å². The lowest BCUT2D eigenvalue weighted by Gasteiger charge is -2.28. The fourth-order valence-corrected chi connectivity index (χ4v) is 1.17. The molecule has 4 nitrogen and oxygen atoms in total. The van der Waals surface area contributed by atoms with Crippen molar-refractivity contribution in [2.75, 3.05) is 20.8 Å². The number of methoxy groups -OCH3 is 2. The lowest BCUT2D eigenvalue weighted by molar-refractivity contribution is -0.206. The summed E-state index contributed by atoms with van der Waals surface area (Å²) in [6.07, 6.45) is 0.485. The Bertz CT molecular complexity index is 175. The van der Waals surface area contributed by atoms with Crippen LogP contribution in [0.4, 0.5) is 0 Å². The van der Waals surface area contributed by atoms with Gasteiger partial charge in [0.05, 0.1) is 12.5 Å². The topological polar surface area (TPSA) is 44.8 Å². The smallest absolute Gasteiger partial charge is 0.308 e. The second kappa shape index (κ2) is 5.98. The fraction of sp³-hybridized carbons (Fsp3) is 0.900. The van der Waals surface area contributed by atoms with Crippen LogP contribution in [-0.2, 0) is 19.0 Å². The third kappa shape index (κ3) is 4.07. The van der Waals surface area contributed by atoms with E-state index in [2.05, 4.69) is 0 Å².